The number of sulfonamides is 1. The molecule has 40 heavy (non-hydrogen) atoms. The topological polar surface area (TPSA) is 150 Å². The molecule has 1 aromatic carbocycles. The molecule has 0 unspecified atom stereocenters. The van der Waals surface area contributed by atoms with E-state index in [9.17, 15) is 23.3 Å². The van der Waals surface area contributed by atoms with Crippen LogP contribution in [0.3, 0.4) is 0 Å². The SMILES string of the molecule is CCCOc1ccc(S(=O)(=O)N2CCC(CC)(CO[N+](=O)[O-])CC2)cc1-c1nc2c(CCC)cn(C)c2c(=O)[nH]1. The van der Waals surface area contributed by atoms with E-state index in [-0.39, 0.29) is 36.0 Å². The Morgan fingerprint density at radius 1 is 1.18 bits per heavy atom. The monoisotopic (exact) mass is 575 g/mol. The number of piperidine rings is 1. The van der Waals surface area contributed by atoms with E-state index in [0.717, 1.165) is 24.8 Å². The second-order valence-electron chi connectivity index (χ2n) is 10.4. The summed E-state index contributed by atoms with van der Waals surface area (Å²) >= 11 is 0. The number of aromatic nitrogens is 3. The molecule has 0 atom stereocenters. The molecule has 2 aromatic heterocycles. The Bertz CT molecular complexity index is 1540. The standard InChI is InChI=1S/C27H37N5O7S/c1-5-8-19-17-30(4)24-23(19)28-25(29-26(24)33)21-16-20(9-10-22(21)38-15-6-2)40(36,37)31-13-11-27(7-3,12-14-31)18-39-32(34)35/h9-10,16-17H,5-8,11-15,18H2,1-4H3,(H,28,29,33). The van der Waals surface area contributed by atoms with Crippen LogP contribution in [0.5, 0.6) is 5.75 Å². The maximum absolute atomic E-state index is 13.7. The maximum atomic E-state index is 13.7. The molecule has 1 fully saturated rings. The lowest BCUT2D eigenvalue weighted by Gasteiger charge is -2.40. The van der Waals surface area contributed by atoms with Gasteiger partial charge in [-0.1, -0.05) is 27.2 Å². The molecule has 1 aliphatic rings. The summed E-state index contributed by atoms with van der Waals surface area (Å²) in [5, 5.41) is 9.93. The molecule has 0 aliphatic carbocycles. The Labute approximate surface area is 233 Å². The van der Waals surface area contributed by atoms with E-state index in [1.54, 1.807) is 17.7 Å². The van der Waals surface area contributed by atoms with Gasteiger partial charge in [0.05, 0.1) is 22.6 Å². The maximum Gasteiger partial charge on any atom is 0.294 e. The minimum atomic E-state index is -3.91. The second-order valence-corrected chi connectivity index (χ2v) is 12.3. The van der Waals surface area contributed by atoms with Gasteiger partial charge in [-0.3, -0.25) is 4.79 Å². The molecule has 0 amide bonds. The number of hydrogen-bond acceptors (Lipinski definition) is 8. The van der Waals surface area contributed by atoms with Gasteiger partial charge in [0.25, 0.3) is 10.6 Å². The molecule has 12 nitrogen and oxygen atoms in total. The van der Waals surface area contributed by atoms with Crippen LogP contribution in [0.1, 0.15) is 58.4 Å². The first-order chi connectivity index (χ1) is 19.0. The number of benzene rings is 1. The number of nitrogens with one attached hydrogen (secondary N) is 1. The highest BCUT2D eigenvalue weighted by Crippen LogP contribution is 2.38. The van der Waals surface area contributed by atoms with Crippen molar-refractivity contribution in [2.75, 3.05) is 26.3 Å². The summed E-state index contributed by atoms with van der Waals surface area (Å²) in [6.07, 6.45) is 5.82. The zero-order valence-electron chi connectivity index (χ0n) is 23.4. The van der Waals surface area contributed by atoms with Crippen LogP contribution < -0.4 is 10.3 Å². The molecular weight excluding hydrogens is 538 g/mol. The third-order valence-electron chi connectivity index (χ3n) is 7.74. The third-order valence-corrected chi connectivity index (χ3v) is 9.63. The van der Waals surface area contributed by atoms with Crippen molar-refractivity contribution >= 4 is 21.1 Å². The van der Waals surface area contributed by atoms with Crippen molar-refractivity contribution in [1.82, 2.24) is 18.8 Å². The molecule has 3 aromatic rings. The summed E-state index contributed by atoms with van der Waals surface area (Å²) in [7, 11) is -2.10. The van der Waals surface area contributed by atoms with Gasteiger partial charge in [0.15, 0.2) is 0 Å². The molecule has 1 saturated heterocycles. The van der Waals surface area contributed by atoms with Crippen LogP contribution in [-0.4, -0.2) is 58.6 Å². The first-order valence-corrected chi connectivity index (χ1v) is 15.1. The minimum absolute atomic E-state index is 0.0565. The number of H-pyrrole nitrogens is 1. The van der Waals surface area contributed by atoms with E-state index in [1.165, 1.54) is 16.4 Å². The highest BCUT2D eigenvalue weighted by molar-refractivity contribution is 7.89. The number of fused-ring (bicyclic) bond motifs is 1. The van der Waals surface area contributed by atoms with Crippen molar-refractivity contribution in [3.63, 3.8) is 0 Å². The first-order valence-electron chi connectivity index (χ1n) is 13.7. The fourth-order valence-corrected chi connectivity index (χ4v) is 6.76. The quantitative estimate of drug-likeness (QED) is 0.251. The van der Waals surface area contributed by atoms with E-state index in [1.807, 2.05) is 20.0 Å². The zero-order valence-corrected chi connectivity index (χ0v) is 24.3. The lowest BCUT2D eigenvalue weighted by molar-refractivity contribution is -0.761. The van der Waals surface area contributed by atoms with Crippen LogP contribution in [0.15, 0.2) is 34.1 Å². The Balaban J connectivity index is 1.72. The van der Waals surface area contributed by atoms with Crippen molar-refractivity contribution in [3.05, 3.63) is 50.4 Å². The molecule has 4 rings (SSSR count). The van der Waals surface area contributed by atoms with Crippen LogP contribution >= 0.6 is 0 Å². The van der Waals surface area contributed by atoms with Crippen LogP contribution in [0.2, 0.25) is 0 Å². The fourth-order valence-electron chi connectivity index (χ4n) is 5.29. The average Bonchev–Trinajstić information content (AvgIpc) is 3.26. The molecule has 13 heteroatoms. The van der Waals surface area contributed by atoms with E-state index in [4.69, 9.17) is 9.72 Å². The van der Waals surface area contributed by atoms with Crippen molar-refractivity contribution in [2.24, 2.45) is 12.5 Å². The number of aromatic amines is 1. The molecule has 1 N–H and O–H groups in total. The summed E-state index contributed by atoms with van der Waals surface area (Å²) in [6, 6.07) is 4.61. The number of nitrogens with zero attached hydrogens (tertiary/aromatic N) is 4. The molecule has 0 radical (unpaired) electrons. The van der Waals surface area contributed by atoms with Gasteiger partial charge >= 0.3 is 0 Å². The number of aryl methyl sites for hydroxylation is 2. The van der Waals surface area contributed by atoms with Crippen LogP contribution in [0, 0.1) is 15.5 Å². The van der Waals surface area contributed by atoms with E-state index < -0.39 is 20.5 Å². The Morgan fingerprint density at radius 2 is 1.90 bits per heavy atom. The van der Waals surface area contributed by atoms with Gasteiger partial charge in [0.1, 0.15) is 23.7 Å². The largest absolute Gasteiger partial charge is 0.493 e. The summed E-state index contributed by atoms with van der Waals surface area (Å²) in [6.45, 7) is 6.73. The summed E-state index contributed by atoms with van der Waals surface area (Å²) in [5.41, 5.74) is 1.61. The Morgan fingerprint density at radius 3 is 2.52 bits per heavy atom. The number of hydrogen-bond donors (Lipinski definition) is 1. The van der Waals surface area contributed by atoms with Gasteiger partial charge in [0.2, 0.25) is 10.0 Å². The van der Waals surface area contributed by atoms with Crippen molar-refractivity contribution < 1.29 is 23.1 Å². The van der Waals surface area contributed by atoms with Crippen LogP contribution in [-0.2, 0) is 28.3 Å². The molecule has 0 spiro atoms. The van der Waals surface area contributed by atoms with Gasteiger partial charge < -0.3 is 19.1 Å². The van der Waals surface area contributed by atoms with Crippen LogP contribution in [0.4, 0.5) is 0 Å². The smallest absolute Gasteiger partial charge is 0.294 e. The van der Waals surface area contributed by atoms with Gasteiger partial charge in [-0.2, -0.15) is 4.31 Å². The predicted molar refractivity (Wildman–Crippen MR) is 150 cm³/mol. The second kappa shape index (κ2) is 12.0. The van der Waals surface area contributed by atoms with E-state index in [2.05, 4.69) is 16.7 Å². The lowest BCUT2D eigenvalue weighted by atomic mass is 9.77. The lowest BCUT2D eigenvalue weighted by Crippen LogP contribution is -2.45. The molecular formula is C27H37N5O7S. The van der Waals surface area contributed by atoms with Crippen molar-refractivity contribution in [2.45, 2.75) is 64.2 Å². The Kier molecular flexibility index (Phi) is 8.83. The Hall–Kier alpha value is -3.45. The highest BCUT2D eigenvalue weighted by Gasteiger charge is 2.38. The van der Waals surface area contributed by atoms with Gasteiger partial charge in [-0.25, -0.2) is 13.4 Å². The average molecular weight is 576 g/mol. The highest BCUT2D eigenvalue weighted by atomic mass is 32.2. The summed E-state index contributed by atoms with van der Waals surface area (Å²) in [4.78, 5) is 36.2. The van der Waals surface area contributed by atoms with Crippen LogP contribution in [0.25, 0.3) is 22.4 Å². The van der Waals surface area contributed by atoms with Gasteiger partial charge in [-0.05, 0) is 61.3 Å². The number of ether oxygens (including phenoxy) is 1. The molecule has 218 valence electrons. The zero-order chi connectivity index (χ0) is 29.1. The van der Waals surface area contributed by atoms with Gasteiger partial charge in [0, 0.05) is 26.3 Å². The molecule has 3 heterocycles. The summed E-state index contributed by atoms with van der Waals surface area (Å²) < 4.78 is 36.6. The normalized spacial score (nSPS) is 15.8. The van der Waals surface area contributed by atoms with Crippen molar-refractivity contribution in [3.8, 4) is 17.1 Å². The third kappa shape index (κ3) is 5.85. The van der Waals surface area contributed by atoms with Gasteiger partial charge in [-0.15, -0.1) is 10.1 Å². The fraction of sp³-hybridized carbons (Fsp3) is 0.556. The number of rotatable bonds is 12. The van der Waals surface area contributed by atoms with E-state index in [0.29, 0.717) is 48.2 Å². The predicted octanol–water partition coefficient (Wildman–Crippen LogP) is 4.06. The van der Waals surface area contributed by atoms with Crippen molar-refractivity contribution in [1.29, 1.82) is 0 Å². The minimum Gasteiger partial charge on any atom is -0.493 e. The molecule has 0 saturated carbocycles. The summed E-state index contributed by atoms with van der Waals surface area (Å²) in [5.74, 6) is 0.668. The molecule has 0 bridgehead atoms. The first kappa shape index (κ1) is 29.5. The van der Waals surface area contributed by atoms with E-state index >= 15 is 0 Å². The molecule has 1 aliphatic heterocycles.